The number of amides is 1. The predicted octanol–water partition coefficient (Wildman–Crippen LogP) is 3.32. The summed E-state index contributed by atoms with van der Waals surface area (Å²) in [5, 5.41) is 10.4. The first kappa shape index (κ1) is 22.5. The lowest BCUT2D eigenvalue weighted by molar-refractivity contribution is -0.128. The maximum Gasteiger partial charge on any atom is 0.263 e. The summed E-state index contributed by atoms with van der Waals surface area (Å²) in [5.74, 6) is 0.720. The fourth-order valence-corrected chi connectivity index (χ4v) is 5.34. The topological polar surface area (TPSA) is 75.7 Å². The minimum Gasteiger partial charge on any atom is -0.367 e. The van der Waals surface area contributed by atoms with Gasteiger partial charge in [-0.3, -0.25) is 18.6 Å². The molecule has 1 amide bonds. The van der Waals surface area contributed by atoms with Crippen LogP contribution < -0.4 is 10.5 Å². The molecule has 0 bridgehead atoms. The normalized spacial score (nSPS) is 14.1. The van der Waals surface area contributed by atoms with E-state index in [4.69, 9.17) is 11.6 Å². The second-order valence-corrected chi connectivity index (χ2v) is 9.30. The Hall–Kier alpha value is -3.30. The van der Waals surface area contributed by atoms with Crippen LogP contribution in [0.4, 0.5) is 5.69 Å². The highest BCUT2D eigenvalue weighted by Gasteiger charge is 2.23. The Bertz CT molecular complexity index is 1440. The number of allylic oxidation sites excluding steroid dienone is 1. The Morgan fingerprint density at radius 2 is 1.79 bits per heavy atom. The van der Waals surface area contributed by atoms with Crippen LogP contribution in [0.3, 0.4) is 0 Å². The number of rotatable bonds is 6. The number of piperazine rings is 1. The Kier molecular flexibility index (Phi) is 6.30. The molecule has 34 heavy (non-hydrogen) atoms. The predicted molar refractivity (Wildman–Crippen MR) is 136 cm³/mol. The van der Waals surface area contributed by atoms with Crippen molar-refractivity contribution in [2.24, 2.45) is 0 Å². The molecule has 0 saturated carbocycles. The molecule has 0 unspecified atom stereocenters. The third-order valence-electron chi connectivity index (χ3n) is 5.94. The summed E-state index contributed by atoms with van der Waals surface area (Å²) in [6, 6.07) is 15.1. The number of benzene rings is 2. The molecule has 8 nitrogen and oxygen atoms in total. The Labute approximate surface area is 205 Å². The highest BCUT2D eigenvalue weighted by Crippen LogP contribution is 2.27. The van der Waals surface area contributed by atoms with Crippen molar-refractivity contribution in [2.45, 2.75) is 11.7 Å². The minimum absolute atomic E-state index is 0.0456. The number of hydrogen-bond acceptors (Lipinski definition) is 6. The number of aromatic nitrogens is 4. The zero-order valence-electron chi connectivity index (χ0n) is 18.4. The van der Waals surface area contributed by atoms with Gasteiger partial charge in [-0.2, -0.15) is 0 Å². The first-order chi connectivity index (χ1) is 16.6. The zero-order valence-corrected chi connectivity index (χ0v) is 20.0. The first-order valence-corrected chi connectivity index (χ1v) is 12.3. The molecule has 4 aromatic rings. The largest absolute Gasteiger partial charge is 0.367 e. The lowest BCUT2D eigenvalue weighted by Gasteiger charge is -2.36. The van der Waals surface area contributed by atoms with E-state index >= 15 is 0 Å². The number of carbonyl (C=O) groups excluding carboxylic acids is 1. The van der Waals surface area contributed by atoms with Crippen molar-refractivity contribution in [1.82, 2.24) is 24.1 Å². The highest BCUT2D eigenvalue weighted by atomic mass is 35.5. The van der Waals surface area contributed by atoms with E-state index in [1.54, 1.807) is 16.7 Å². The van der Waals surface area contributed by atoms with Crippen molar-refractivity contribution < 1.29 is 4.79 Å². The maximum absolute atomic E-state index is 13.0. The van der Waals surface area contributed by atoms with E-state index in [2.05, 4.69) is 21.7 Å². The van der Waals surface area contributed by atoms with Gasteiger partial charge in [0.25, 0.3) is 5.56 Å². The number of carbonyl (C=O) groups is 1. The van der Waals surface area contributed by atoms with E-state index in [1.165, 1.54) is 11.8 Å². The van der Waals surface area contributed by atoms with Crippen molar-refractivity contribution in [3.8, 4) is 0 Å². The monoisotopic (exact) mass is 494 g/mol. The van der Waals surface area contributed by atoms with Gasteiger partial charge in [0.1, 0.15) is 0 Å². The van der Waals surface area contributed by atoms with E-state index in [0.29, 0.717) is 36.0 Å². The molecule has 0 radical (unpaired) electrons. The summed E-state index contributed by atoms with van der Waals surface area (Å²) in [4.78, 5) is 30.0. The van der Waals surface area contributed by atoms with Gasteiger partial charge in [0, 0.05) is 32.7 Å². The highest BCUT2D eigenvalue weighted by molar-refractivity contribution is 7.99. The van der Waals surface area contributed by atoms with Gasteiger partial charge in [0.15, 0.2) is 5.16 Å². The van der Waals surface area contributed by atoms with Crippen LogP contribution in [-0.4, -0.2) is 61.9 Å². The van der Waals surface area contributed by atoms with Gasteiger partial charge >= 0.3 is 0 Å². The Balaban J connectivity index is 1.33. The first-order valence-electron chi connectivity index (χ1n) is 11.0. The standard InChI is InChI=1S/C24H23ClN6O2S/c1-2-11-30-22(33)17-7-3-5-9-19(17)31-23(30)26-27-24(31)34-16-21(32)29-14-12-28(13-15-29)20-10-6-4-8-18(20)25/h2-10H,1,11-16H2. The van der Waals surface area contributed by atoms with Gasteiger partial charge in [0.2, 0.25) is 11.7 Å². The molecule has 5 rings (SSSR count). The summed E-state index contributed by atoms with van der Waals surface area (Å²) in [5.41, 5.74) is 1.58. The average Bonchev–Trinajstić information content (AvgIpc) is 3.29. The number of para-hydroxylation sites is 2. The molecule has 3 heterocycles. The second kappa shape index (κ2) is 9.52. The molecule has 2 aromatic carbocycles. The molecule has 0 spiro atoms. The van der Waals surface area contributed by atoms with Crippen molar-refractivity contribution in [3.05, 3.63) is 76.6 Å². The molecule has 174 valence electrons. The molecular weight excluding hydrogens is 472 g/mol. The van der Waals surface area contributed by atoms with Crippen LogP contribution in [0.2, 0.25) is 5.02 Å². The van der Waals surface area contributed by atoms with Crippen LogP contribution in [0.25, 0.3) is 16.7 Å². The molecule has 1 fully saturated rings. The van der Waals surface area contributed by atoms with Gasteiger partial charge in [-0.15, -0.1) is 16.8 Å². The van der Waals surface area contributed by atoms with Crippen LogP contribution in [-0.2, 0) is 11.3 Å². The van der Waals surface area contributed by atoms with Crippen LogP contribution >= 0.6 is 23.4 Å². The van der Waals surface area contributed by atoms with Crippen LogP contribution in [0.15, 0.2) is 71.1 Å². The van der Waals surface area contributed by atoms with E-state index in [1.807, 2.05) is 51.8 Å². The van der Waals surface area contributed by atoms with Gasteiger partial charge < -0.3 is 9.80 Å². The fourth-order valence-electron chi connectivity index (χ4n) is 4.24. The van der Waals surface area contributed by atoms with Crippen LogP contribution in [0.1, 0.15) is 0 Å². The summed E-state index contributed by atoms with van der Waals surface area (Å²) in [6.07, 6.45) is 1.66. The second-order valence-electron chi connectivity index (χ2n) is 7.95. The lowest BCUT2D eigenvalue weighted by atomic mass is 10.2. The summed E-state index contributed by atoms with van der Waals surface area (Å²) in [6.45, 7) is 6.79. The number of hydrogen-bond donors (Lipinski definition) is 0. The van der Waals surface area contributed by atoms with Gasteiger partial charge in [-0.05, 0) is 24.3 Å². The van der Waals surface area contributed by atoms with Crippen molar-refractivity contribution in [2.75, 3.05) is 36.8 Å². The molecule has 2 aromatic heterocycles. The molecule has 1 aliphatic heterocycles. The smallest absolute Gasteiger partial charge is 0.263 e. The molecule has 10 heteroatoms. The molecule has 0 N–H and O–H groups in total. The Morgan fingerprint density at radius 3 is 2.56 bits per heavy atom. The molecule has 0 aliphatic carbocycles. The zero-order chi connectivity index (χ0) is 23.7. The third-order valence-corrected chi connectivity index (χ3v) is 7.17. The van der Waals surface area contributed by atoms with E-state index < -0.39 is 0 Å². The number of fused-ring (bicyclic) bond motifs is 3. The molecule has 1 saturated heterocycles. The van der Waals surface area contributed by atoms with Gasteiger partial charge in [-0.25, -0.2) is 0 Å². The van der Waals surface area contributed by atoms with Gasteiger partial charge in [-0.1, -0.05) is 53.7 Å². The van der Waals surface area contributed by atoms with Gasteiger partial charge in [0.05, 0.1) is 27.4 Å². The third kappa shape index (κ3) is 4.05. The fraction of sp³-hybridized carbons (Fsp3) is 0.250. The molecule has 0 atom stereocenters. The number of anilines is 1. The number of halogens is 1. The van der Waals surface area contributed by atoms with E-state index in [0.717, 1.165) is 29.3 Å². The summed E-state index contributed by atoms with van der Waals surface area (Å²) < 4.78 is 3.38. The number of thioether (sulfide) groups is 1. The SMILES string of the molecule is C=CCn1c(=O)c2ccccc2n2c(SCC(=O)N3CCN(c4ccccc4Cl)CC3)nnc12. The van der Waals surface area contributed by atoms with Crippen molar-refractivity contribution in [1.29, 1.82) is 0 Å². The van der Waals surface area contributed by atoms with Crippen molar-refractivity contribution >= 4 is 51.6 Å². The maximum atomic E-state index is 13.0. The minimum atomic E-state index is -0.139. The van der Waals surface area contributed by atoms with E-state index in [9.17, 15) is 9.59 Å². The lowest BCUT2D eigenvalue weighted by Crippen LogP contribution is -2.49. The van der Waals surface area contributed by atoms with Crippen LogP contribution in [0, 0.1) is 0 Å². The number of nitrogens with zero attached hydrogens (tertiary/aromatic N) is 6. The van der Waals surface area contributed by atoms with Crippen LogP contribution in [0.5, 0.6) is 0 Å². The Morgan fingerprint density at radius 1 is 1.06 bits per heavy atom. The molecule has 1 aliphatic rings. The quantitative estimate of drug-likeness (QED) is 0.302. The summed E-state index contributed by atoms with van der Waals surface area (Å²) in [7, 11) is 0. The molecular formula is C24H23ClN6O2S. The van der Waals surface area contributed by atoms with E-state index in [-0.39, 0.29) is 17.2 Å². The summed E-state index contributed by atoms with van der Waals surface area (Å²) >= 11 is 7.65. The average molecular weight is 495 g/mol. The van der Waals surface area contributed by atoms with Crippen molar-refractivity contribution in [3.63, 3.8) is 0 Å².